The molecule has 4 nitrogen and oxygen atoms in total. The molecule has 3 N–H and O–H groups in total. The number of nitrogens with zero attached hydrogens (tertiary/aromatic N) is 2. The van der Waals surface area contributed by atoms with E-state index in [9.17, 15) is 0 Å². The summed E-state index contributed by atoms with van der Waals surface area (Å²) < 4.78 is 0. The lowest BCUT2D eigenvalue weighted by Gasteiger charge is -1.92. The van der Waals surface area contributed by atoms with Gasteiger partial charge in [0.2, 0.25) is 0 Å². The van der Waals surface area contributed by atoms with Gasteiger partial charge >= 0.3 is 0 Å². The maximum atomic E-state index is 5.61. The zero-order valence-electron chi connectivity index (χ0n) is 9.77. The fraction of sp³-hybridized carbons (Fsp3) is 0.167. The summed E-state index contributed by atoms with van der Waals surface area (Å²) in [6.45, 7) is 4.00. The summed E-state index contributed by atoms with van der Waals surface area (Å²) in [6, 6.07) is 3.93. The van der Waals surface area contributed by atoms with Crippen LogP contribution in [0.5, 0.6) is 0 Å². The average molecular weight is 246 g/mol. The number of fused-ring (bicyclic) bond motifs is 1. The number of thiazole rings is 1. The summed E-state index contributed by atoms with van der Waals surface area (Å²) >= 11 is 1.44. The van der Waals surface area contributed by atoms with Gasteiger partial charge in [-0.2, -0.15) is 0 Å². The van der Waals surface area contributed by atoms with Crippen molar-refractivity contribution >= 4 is 27.5 Å². The van der Waals surface area contributed by atoms with Crippen LogP contribution in [0.25, 0.3) is 22.3 Å². The number of aromatic amines is 1. The standard InChI is InChI=1S/C10H8N4S.C2H6/c11-10-14-8(5-15-10)7-4-13-9-6(7)2-1-3-12-9;1-2/h1-5H,(H2,11,14)(H,12,13);1-2H3. The normalized spacial score (nSPS) is 10.0. The highest BCUT2D eigenvalue weighted by Gasteiger charge is 2.08. The number of nitrogens with two attached hydrogens (primary N) is 1. The van der Waals surface area contributed by atoms with Crippen LogP contribution in [0.15, 0.2) is 29.9 Å². The Morgan fingerprint density at radius 3 is 2.88 bits per heavy atom. The van der Waals surface area contributed by atoms with Gasteiger partial charge in [0.15, 0.2) is 5.13 Å². The minimum Gasteiger partial charge on any atom is -0.375 e. The zero-order chi connectivity index (χ0) is 12.3. The maximum absolute atomic E-state index is 5.61. The molecule has 5 heteroatoms. The molecule has 0 aliphatic carbocycles. The summed E-state index contributed by atoms with van der Waals surface area (Å²) in [6.07, 6.45) is 3.67. The van der Waals surface area contributed by atoms with Gasteiger partial charge < -0.3 is 10.7 Å². The average Bonchev–Trinajstić information content (AvgIpc) is 2.97. The first-order valence-corrected chi connectivity index (χ1v) is 6.36. The molecule has 0 spiro atoms. The third-order valence-electron chi connectivity index (χ3n) is 2.25. The largest absolute Gasteiger partial charge is 0.375 e. The molecule has 0 saturated carbocycles. The molecular weight excluding hydrogens is 232 g/mol. The number of H-pyrrole nitrogens is 1. The van der Waals surface area contributed by atoms with Crippen LogP contribution in [0, 0.1) is 0 Å². The summed E-state index contributed by atoms with van der Waals surface area (Å²) in [7, 11) is 0. The highest BCUT2D eigenvalue weighted by Crippen LogP contribution is 2.28. The van der Waals surface area contributed by atoms with Gasteiger partial charge in [-0.1, -0.05) is 13.8 Å². The van der Waals surface area contributed by atoms with Crippen LogP contribution in [-0.4, -0.2) is 15.0 Å². The maximum Gasteiger partial charge on any atom is 0.180 e. The smallest absolute Gasteiger partial charge is 0.180 e. The Morgan fingerprint density at radius 2 is 2.18 bits per heavy atom. The van der Waals surface area contributed by atoms with Gasteiger partial charge in [-0.15, -0.1) is 11.3 Å². The minimum absolute atomic E-state index is 0.586. The number of nitrogen functional groups attached to an aromatic ring is 1. The van der Waals surface area contributed by atoms with Gasteiger partial charge in [0.25, 0.3) is 0 Å². The Morgan fingerprint density at radius 1 is 1.35 bits per heavy atom. The second-order valence-electron chi connectivity index (χ2n) is 3.17. The summed E-state index contributed by atoms with van der Waals surface area (Å²) in [5.41, 5.74) is 8.43. The monoisotopic (exact) mass is 246 g/mol. The van der Waals surface area contributed by atoms with Crippen LogP contribution in [0.2, 0.25) is 0 Å². The molecule has 3 aromatic heterocycles. The van der Waals surface area contributed by atoms with Crippen molar-refractivity contribution in [3.8, 4) is 11.3 Å². The van der Waals surface area contributed by atoms with Gasteiger partial charge in [-0.05, 0) is 12.1 Å². The lowest BCUT2D eigenvalue weighted by Crippen LogP contribution is -1.82. The molecule has 0 aliphatic rings. The van der Waals surface area contributed by atoms with Crippen molar-refractivity contribution < 1.29 is 0 Å². The van der Waals surface area contributed by atoms with Crippen molar-refractivity contribution in [2.75, 3.05) is 5.73 Å². The molecule has 3 heterocycles. The van der Waals surface area contributed by atoms with E-state index in [1.165, 1.54) is 11.3 Å². The molecule has 3 aromatic rings. The number of pyridine rings is 1. The first kappa shape index (κ1) is 11.6. The first-order chi connectivity index (χ1) is 8.34. The fourth-order valence-electron chi connectivity index (χ4n) is 1.58. The van der Waals surface area contributed by atoms with Crippen LogP contribution in [-0.2, 0) is 0 Å². The topological polar surface area (TPSA) is 67.6 Å². The molecule has 0 radical (unpaired) electrons. The molecule has 0 saturated heterocycles. The molecule has 3 rings (SSSR count). The van der Waals surface area contributed by atoms with Crippen molar-refractivity contribution in [1.29, 1.82) is 0 Å². The second kappa shape index (κ2) is 4.97. The van der Waals surface area contributed by atoms with E-state index in [1.807, 2.05) is 37.6 Å². The Bertz CT molecular complexity index is 612. The van der Waals surface area contributed by atoms with Gasteiger partial charge in [0.1, 0.15) is 5.65 Å². The van der Waals surface area contributed by atoms with E-state index in [0.29, 0.717) is 5.13 Å². The number of rotatable bonds is 1. The van der Waals surface area contributed by atoms with Gasteiger partial charge in [-0.3, -0.25) is 0 Å². The lowest BCUT2D eigenvalue weighted by molar-refractivity contribution is 1.32. The Labute approximate surface area is 104 Å². The van der Waals surface area contributed by atoms with Crippen molar-refractivity contribution in [2.24, 2.45) is 0 Å². The van der Waals surface area contributed by atoms with E-state index in [0.717, 1.165) is 22.3 Å². The van der Waals surface area contributed by atoms with Gasteiger partial charge in [0, 0.05) is 28.7 Å². The van der Waals surface area contributed by atoms with E-state index >= 15 is 0 Å². The number of anilines is 1. The van der Waals surface area contributed by atoms with Crippen LogP contribution < -0.4 is 5.73 Å². The highest BCUT2D eigenvalue weighted by atomic mass is 32.1. The molecule has 0 fully saturated rings. The number of aromatic nitrogens is 3. The van der Waals surface area contributed by atoms with Crippen LogP contribution in [0.4, 0.5) is 5.13 Å². The van der Waals surface area contributed by atoms with Crippen LogP contribution >= 0.6 is 11.3 Å². The molecule has 0 bridgehead atoms. The molecule has 17 heavy (non-hydrogen) atoms. The molecule has 0 unspecified atom stereocenters. The van der Waals surface area contributed by atoms with Crippen LogP contribution in [0.3, 0.4) is 0 Å². The molecule has 0 aromatic carbocycles. The molecule has 0 amide bonds. The molecule has 88 valence electrons. The van der Waals surface area contributed by atoms with Gasteiger partial charge in [0.05, 0.1) is 5.69 Å². The SMILES string of the molecule is CC.Nc1nc(-c2c[nH]c3ncccc23)cs1. The van der Waals surface area contributed by atoms with Crippen LogP contribution in [0.1, 0.15) is 13.8 Å². The summed E-state index contributed by atoms with van der Waals surface area (Å²) in [4.78, 5) is 11.6. The van der Waals surface area contributed by atoms with Crippen molar-refractivity contribution in [3.63, 3.8) is 0 Å². The van der Waals surface area contributed by atoms with E-state index in [1.54, 1.807) is 6.20 Å². The zero-order valence-corrected chi connectivity index (χ0v) is 10.6. The Hall–Kier alpha value is -1.88. The Balaban J connectivity index is 0.000000514. The van der Waals surface area contributed by atoms with Crippen molar-refractivity contribution in [3.05, 3.63) is 29.9 Å². The number of hydrogen-bond acceptors (Lipinski definition) is 4. The van der Waals surface area contributed by atoms with E-state index < -0.39 is 0 Å². The predicted octanol–water partition coefficient (Wildman–Crippen LogP) is 3.29. The van der Waals surface area contributed by atoms with Gasteiger partial charge in [-0.25, -0.2) is 9.97 Å². The van der Waals surface area contributed by atoms with E-state index in [4.69, 9.17) is 5.73 Å². The number of hydrogen-bond donors (Lipinski definition) is 2. The highest BCUT2D eigenvalue weighted by molar-refractivity contribution is 7.13. The second-order valence-corrected chi connectivity index (χ2v) is 4.06. The first-order valence-electron chi connectivity index (χ1n) is 5.48. The quantitative estimate of drug-likeness (QED) is 0.692. The third kappa shape index (κ3) is 2.14. The number of nitrogens with one attached hydrogen (secondary N) is 1. The minimum atomic E-state index is 0.586. The predicted molar refractivity (Wildman–Crippen MR) is 73.0 cm³/mol. The lowest BCUT2D eigenvalue weighted by atomic mass is 10.2. The summed E-state index contributed by atoms with van der Waals surface area (Å²) in [5.74, 6) is 0. The van der Waals surface area contributed by atoms with Crippen molar-refractivity contribution in [2.45, 2.75) is 13.8 Å². The molecule has 0 atom stereocenters. The fourth-order valence-corrected chi connectivity index (χ4v) is 2.14. The van der Waals surface area contributed by atoms with Crippen molar-refractivity contribution in [1.82, 2.24) is 15.0 Å². The third-order valence-corrected chi connectivity index (χ3v) is 2.92. The summed E-state index contributed by atoms with van der Waals surface area (Å²) in [5, 5.41) is 3.61. The molecule has 0 aliphatic heterocycles. The Kier molecular flexibility index (Phi) is 3.39. The molecular formula is C12H14N4S. The van der Waals surface area contributed by atoms with E-state index in [-0.39, 0.29) is 0 Å². The van der Waals surface area contributed by atoms with E-state index in [2.05, 4.69) is 15.0 Å².